The summed E-state index contributed by atoms with van der Waals surface area (Å²) in [6.45, 7) is 7.97. The van der Waals surface area contributed by atoms with E-state index in [1.165, 1.54) is 77.5 Å². The van der Waals surface area contributed by atoms with Gasteiger partial charge in [0.1, 0.15) is 11.6 Å². The molecular weight excluding hydrogens is 550 g/mol. The fourth-order valence-electron chi connectivity index (χ4n) is 7.71. The largest absolute Gasteiger partial charge is 0.478 e. The smallest absolute Gasteiger partial charge is 0.328 e. The molecule has 2 saturated heterocycles. The zero-order valence-corrected chi connectivity index (χ0v) is 26.0. The zero-order valence-electron chi connectivity index (χ0n) is 26.0. The van der Waals surface area contributed by atoms with Crippen molar-refractivity contribution in [2.24, 2.45) is 5.41 Å². The van der Waals surface area contributed by atoms with Gasteiger partial charge in [-0.1, -0.05) is 43.5 Å². The van der Waals surface area contributed by atoms with Crippen LogP contribution in [0.4, 0.5) is 0 Å². The van der Waals surface area contributed by atoms with Crippen LogP contribution in [-0.4, -0.2) is 79.2 Å². The summed E-state index contributed by atoms with van der Waals surface area (Å²) in [6.07, 6.45) is 23.6. The number of likely N-dealkylation sites (tertiary alicyclic amines) is 2. The van der Waals surface area contributed by atoms with Crippen LogP contribution in [-0.2, 0) is 24.3 Å². The highest BCUT2D eigenvalue weighted by Crippen LogP contribution is 2.41. The summed E-state index contributed by atoms with van der Waals surface area (Å²) in [6, 6.07) is 8.79. The standard InChI is InChI=1S/C35H49N7O2/c43-33(44)12-11-28-7-9-29(10-8-28)26-39-31(34-37-16-17-38-34)25-32-36-18-24-42(32)20-4-19-40-21-13-35(27-40)14-22-41(23-15-35)30-5-2-1-3-6-30/h7-12,16-18,24,30-31,39H,1-6,13-15,19-23,25-27H2,(H,37,38)(H,43,44)/b12-11+. The number of carboxylic acids is 1. The first-order chi connectivity index (χ1) is 21.6. The van der Waals surface area contributed by atoms with Gasteiger partial charge >= 0.3 is 5.97 Å². The van der Waals surface area contributed by atoms with Gasteiger partial charge < -0.3 is 29.8 Å². The molecule has 1 spiro atoms. The van der Waals surface area contributed by atoms with E-state index in [2.05, 4.69) is 35.8 Å². The average molecular weight is 600 g/mol. The van der Waals surface area contributed by atoms with Crippen LogP contribution in [0, 0.1) is 5.41 Å². The van der Waals surface area contributed by atoms with E-state index in [4.69, 9.17) is 10.1 Å². The molecule has 9 nitrogen and oxygen atoms in total. The van der Waals surface area contributed by atoms with Crippen LogP contribution >= 0.6 is 0 Å². The number of aromatic nitrogens is 4. The van der Waals surface area contributed by atoms with Crippen molar-refractivity contribution in [3.05, 3.63) is 77.9 Å². The van der Waals surface area contributed by atoms with Crippen LogP contribution in [0.2, 0.25) is 0 Å². The molecule has 1 atom stereocenters. The second kappa shape index (κ2) is 14.7. The van der Waals surface area contributed by atoms with Crippen molar-refractivity contribution in [1.82, 2.24) is 34.6 Å². The normalized spacial score (nSPS) is 20.5. The number of nitrogens with one attached hydrogen (secondary N) is 2. The van der Waals surface area contributed by atoms with Crippen molar-refractivity contribution in [2.45, 2.75) is 89.4 Å². The molecule has 1 aromatic carbocycles. The monoisotopic (exact) mass is 599 g/mol. The van der Waals surface area contributed by atoms with E-state index in [0.717, 1.165) is 60.8 Å². The average Bonchev–Trinajstić information content (AvgIpc) is 3.82. The van der Waals surface area contributed by atoms with E-state index in [9.17, 15) is 4.79 Å². The number of carboxylic acid groups (broad SMARTS) is 1. The Balaban J connectivity index is 0.976. The molecule has 1 aliphatic carbocycles. The molecule has 3 aliphatic rings. The fourth-order valence-corrected chi connectivity index (χ4v) is 7.71. The number of aryl methyl sites for hydroxylation is 1. The van der Waals surface area contributed by atoms with Gasteiger partial charge in [0.2, 0.25) is 0 Å². The van der Waals surface area contributed by atoms with E-state index in [0.29, 0.717) is 12.0 Å². The molecular formula is C35H49N7O2. The SMILES string of the molecule is O=C(O)/C=C/c1ccc(CNC(Cc2nccn2CCCN2CCC3(CCN(C4CCCCC4)CC3)C2)c2ncc[nH]2)cc1. The van der Waals surface area contributed by atoms with Crippen molar-refractivity contribution in [3.8, 4) is 0 Å². The van der Waals surface area contributed by atoms with Crippen LogP contribution in [0.25, 0.3) is 6.08 Å². The lowest BCUT2D eigenvalue weighted by Gasteiger charge is -2.44. The summed E-state index contributed by atoms with van der Waals surface area (Å²) in [5.41, 5.74) is 2.55. The molecule has 3 N–H and O–H groups in total. The molecule has 6 rings (SSSR count). The molecule has 236 valence electrons. The number of H-pyrrole nitrogens is 1. The lowest BCUT2D eigenvalue weighted by atomic mass is 9.77. The Hall–Kier alpha value is -3.27. The highest BCUT2D eigenvalue weighted by Gasteiger charge is 2.41. The molecule has 9 heteroatoms. The topological polar surface area (TPSA) is 102 Å². The van der Waals surface area contributed by atoms with Crippen molar-refractivity contribution < 1.29 is 9.90 Å². The predicted octanol–water partition coefficient (Wildman–Crippen LogP) is 5.29. The zero-order chi connectivity index (χ0) is 30.2. The molecule has 0 radical (unpaired) electrons. The van der Waals surface area contributed by atoms with Gasteiger partial charge in [-0.25, -0.2) is 14.8 Å². The number of carbonyl (C=O) groups is 1. The van der Waals surface area contributed by atoms with Crippen LogP contribution in [0.15, 0.2) is 55.1 Å². The van der Waals surface area contributed by atoms with Gasteiger partial charge in [-0.15, -0.1) is 0 Å². The number of aromatic amines is 1. The number of hydrogen-bond acceptors (Lipinski definition) is 6. The van der Waals surface area contributed by atoms with Gasteiger partial charge in [0.05, 0.1) is 6.04 Å². The van der Waals surface area contributed by atoms with Crippen LogP contribution in [0.5, 0.6) is 0 Å². The van der Waals surface area contributed by atoms with Crippen LogP contribution in [0.3, 0.4) is 0 Å². The summed E-state index contributed by atoms with van der Waals surface area (Å²) >= 11 is 0. The van der Waals surface area contributed by atoms with Gasteiger partial charge in [-0.2, -0.15) is 0 Å². The molecule has 44 heavy (non-hydrogen) atoms. The van der Waals surface area contributed by atoms with E-state index in [1.54, 1.807) is 12.3 Å². The summed E-state index contributed by atoms with van der Waals surface area (Å²) in [5.74, 6) is 1.03. The first-order valence-corrected chi connectivity index (χ1v) is 16.7. The van der Waals surface area contributed by atoms with Gasteiger partial charge in [-0.3, -0.25) is 0 Å². The quantitative estimate of drug-likeness (QED) is 0.230. The van der Waals surface area contributed by atoms with Crippen molar-refractivity contribution >= 4 is 12.0 Å². The second-order valence-electron chi connectivity index (χ2n) is 13.3. The van der Waals surface area contributed by atoms with E-state index >= 15 is 0 Å². The van der Waals surface area contributed by atoms with E-state index < -0.39 is 5.97 Å². The minimum atomic E-state index is -0.944. The highest BCUT2D eigenvalue weighted by molar-refractivity contribution is 5.85. The maximum atomic E-state index is 10.8. The first-order valence-electron chi connectivity index (χ1n) is 16.7. The minimum Gasteiger partial charge on any atom is -0.478 e. The molecule has 0 bridgehead atoms. The molecule has 2 aliphatic heterocycles. The molecule has 3 aromatic rings. The summed E-state index contributed by atoms with van der Waals surface area (Å²) in [4.78, 5) is 28.9. The minimum absolute atomic E-state index is 0.00403. The third-order valence-corrected chi connectivity index (χ3v) is 10.3. The Bertz CT molecular complexity index is 1340. The van der Waals surface area contributed by atoms with Gasteiger partial charge in [-0.05, 0) is 87.3 Å². The van der Waals surface area contributed by atoms with Crippen LogP contribution in [0.1, 0.15) is 86.6 Å². The van der Waals surface area contributed by atoms with E-state index in [-0.39, 0.29) is 6.04 Å². The first kappa shape index (κ1) is 30.7. The summed E-state index contributed by atoms with van der Waals surface area (Å²) < 4.78 is 2.32. The summed E-state index contributed by atoms with van der Waals surface area (Å²) in [7, 11) is 0. The highest BCUT2D eigenvalue weighted by atomic mass is 16.4. The molecule has 0 amide bonds. The molecule has 4 heterocycles. The van der Waals surface area contributed by atoms with Crippen molar-refractivity contribution in [1.29, 1.82) is 0 Å². The molecule has 3 fully saturated rings. The lowest BCUT2D eigenvalue weighted by Crippen LogP contribution is -2.46. The third-order valence-electron chi connectivity index (χ3n) is 10.3. The lowest BCUT2D eigenvalue weighted by molar-refractivity contribution is -0.131. The molecule has 1 unspecified atom stereocenters. The number of imidazole rings is 2. The number of benzene rings is 1. The Kier molecular flexibility index (Phi) is 10.3. The predicted molar refractivity (Wildman–Crippen MR) is 173 cm³/mol. The van der Waals surface area contributed by atoms with Crippen molar-refractivity contribution in [2.75, 3.05) is 32.7 Å². The third kappa shape index (κ3) is 8.06. The number of aliphatic carboxylic acids is 1. The Morgan fingerprint density at radius 3 is 2.59 bits per heavy atom. The van der Waals surface area contributed by atoms with Crippen molar-refractivity contribution in [3.63, 3.8) is 0 Å². The van der Waals surface area contributed by atoms with E-state index in [1.807, 2.05) is 36.7 Å². The maximum Gasteiger partial charge on any atom is 0.328 e. The Morgan fingerprint density at radius 2 is 1.84 bits per heavy atom. The summed E-state index contributed by atoms with van der Waals surface area (Å²) in [5, 5.41) is 12.5. The van der Waals surface area contributed by atoms with Gasteiger partial charge in [0.25, 0.3) is 0 Å². The molecule has 1 saturated carbocycles. The number of hydrogen-bond donors (Lipinski definition) is 3. The Morgan fingerprint density at radius 1 is 1.05 bits per heavy atom. The number of nitrogens with zero attached hydrogens (tertiary/aromatic N) is 5. The fraction of sp³-hybridized carbons (Fsp3) is 0.571. The van der Waals surface area contributed by atoms with Gasteiger partial charge in [0, 0.05) is 63.0 Å². The number of rotatable bonds is 13. The van der Waals surface area contributed by atoms with Gasteiger partial charge in [0.15, 0.2) is 0 Å². The number of piperidine rings is 1. The van der Waals surface area contributed by atoms with Crippen LogP contribution < -0.4 is 5.32 Å². The second-order valence-corrected chi connectivity index (χ2v) is 13.3. The molecule has 2 aromatic heterocycles. The maximum absolute atomic E-state index is 10.8. The Labute approximate surface area is 261 Å².